The molecule has 1 aromatic heterocycles. The van der Waals surface area contributed by atoms with Crippen molar-refractivity contribution in [2.45, 2.75) is 6.42 Å². The molecule has 0 bridgehead atoms. The Morgan fingerprint density at radius 1 is 1.60 bits per heavy atom. The summed E-state index contributed by atoms with van der Waals surface area (Å²) in [5, 5.41) is 2.99. The summed E-state index contributed by atoms with van der Waals surface area (Å²) in [6, 6.07) is 1.70. The van der Waals surface area contributed by atoms with Crippen molar-refractivity contribution in [3.8, 4) is 0 Å². The quantitative estimate of drug-likeness (QED) is 0.585. The Hall–Kier alpha value is -1.25. The first kappa shape index (κ1) is 5.53. The lowest BCUT2D eigenvalue weighted by Crippen LogP contribution is -2.15. The van der Waals surface area contributed by atoms with Crippen LogP contribution in [0, 0.1) is 0 Å². The highest BCUT2D eigenvalue weighted by Gasteiger charge is 2.18. The molecule has 1 aliphatic rings. The second kappa shape index (κ2) is 1.87. The average Bonchev–Trinajstić information content (AvgIpc) is 2.36. The van der Waals surface area contributed by atoms with Gasteiger partial charge in [0.2, 0.25) is 5.88 Å². The Balaban J connectivity index is 2.50. The number of fused-ring (bicyclic) bond motifs is 1. The van der Waals surface area contributed by atoms with E-state index in [-0.39, 0.29) is 5.78 Å². The van der Waals surface area contributed by atoms with E-state index >= 15 is 0 Å². The van der Waals surface area contributed by atoms with Crippen LogP contribution in [0.3, 0.4) is 0 Å². The van der Waals surface area contributed by atoms with E-state index in [0.717, 1.165) is 0 Å². The molecule has 3 nitrogen and oxygen atoms in total. The molecule has 0 aliphatic carbocycles. The van der Waals surface area contributed by atoms with E-state index in [9.17, 15) is 4.79 Å². The van der Waals surface area contributed by atoms with Crippen LogP contribution in [0.15, 0.2) is 16.7 Å². The van der Waals surface area contributed by atoms with Gasteiger partial charge in [-0.25, -0.2) is 0 Å². The molecular formula is C7H7NO2. The van der Waals surface area contributed by atoms with Crippen LogP contribution in [0.5, 0.6) is 0 Å². The minimum atomic E-state index is 0.169. The zero-order chi connectivity index (χ0) is 6.97. The van der Waals surface area contributed by atoms with Crippen molar-refractivity contribution < 1.29 is 9.21 Å². The molecule has 0 fully saturated rings. The average molecular weight is 137 g/mol. The maximum atomic E-state index is 11.0. The summed E-state index contributed by atoms with van der Waals surface area (Å²) in [7, 11) is 0. The van der Waals surface area contributed by atoms with Crippen LogP contribution in [0.1, 0.15) is 16.8 Å². The van der Waals surface area contributed by atoms with Crippen molar-refractivity contribution in [3.05, 3.63) is 17.9 Å². The number of hydrogen-bond acceptors (Lipinski definition) is 3. The van der Waals surface area contributed by atoms with Crippen molar-refractivity contribution in [1.29, 1.82) is 0 Å². The highest BCUT2D eigenvalue weighted by molar-refractivity contribution is 6.01. The molecule has 0 atom stereocenters. The number of carbonyl (C=O) groups is 1. The van der Waals surface area contributed by atoms with Gasteiger partial charge in [0.15, 0.2) is 5.78 Å². The van der Waals surface area contributed by atoms with Crippen LogP contribution < -0.4 is 5.32 Å². The number of nitrogens with one attached hydrogen (secondary N) is 1. The summed E-state index contributed by atoms with van der Waals surface area (Å²) in [5.41, 5.74) is 0.686. The Bertz CT molecular complexity index is 264. The first-order chi connectivity index (χ1) is 4.88. The van der Waals surface area contributed by atoms with Gasteiger partial charge in [0.1, 0.15) is 0 Å². The van der Waals surface area contributed by atoms with Gasteiger partial charge in [0, 0.05) is 13.0 Å². The van der Waals surface area contributed by atoms with Crippen LogP contribution in [0.25, 0.3) is 0 Å². The predicted octanol–water partition coefficient (Wildman–Crippen LogP) is 1.28. The lowest BCUT2D eigenvalue weighted by Gasteiger charge is -2.09. The maximum absolute atomic E-state index is 11.0. The van der Waals surface area contributed by atoms with E-state index in [1.54, 1.807) is 6.07 Å². The van der Waals surface area contributed by atoms with Crippen LogP contribution in [-0.2, 0) is 0 Å². The van der Waals surface area contributed by atoms with Gasteiger partial charge in [-0.1, -0.05) is 0 Å². The molecule has 10 heavy (non-hydrogen) atoms. The molecule has 52 valence electrons. The Morgan fingerprint density at radius 3 is 3.30 bits per heavy atom. The normalized spacial score (nSPS) is 16.2. The third-order valence-electron chi connectivity index (χ3n) is 1.60. The highest BCUT2D eigenvalue weighted by atomic mass is 16.3. The Labute approximate surface area is 58.0 Å². The number of ketones is 1. The number of rotatable bonds is 0. The van der Waals surface area contributed by atoms with Crippen molar-refractivity contribution in [1.82, 2.24) is 0 Å². The monoisotopic (exact) mass is 137 g/mol. The van der Waals surface area contributed by atoms with Crippen LogP contribution >= 0.6 is 0 Å². The molecule has 2 heterocycles. The maximum Gasteiger partial charge on any atom is 0.203 e. The summed E-state index contributed by atoms with van der Waals surface area (Å²) >= 11 is 0. The van der Waals surface area contributed by atoms with Crippen molar-refractivity contribution in [2.75, 3.05) is 11.9 Å². The number of hydrogen-bond donors (Lipinski definition) is 1. The molecule has 0 aromatic carbocycles. The van der Waals surface area contributed by atoms with Gasteiger partial charge in [0.25, 0.3) is 0 Å². The van der Waals surface area contributed by atoms with E-state index in [0.29, 0.717) is 24.4 Å². The van der Waals surface area contributed by atoms with Gasteiger partial charge < -0.3 is 9.73 Å². The zero-order valence-electron chi connectivity index (χ0n) is 5.39. The molecule has 2 rings (SSSR count). The highest BCUT2D eigenvalue weighted by Crippen LogP contribution is 2.21. The molecule has 1 aliphatic heterocycles. The summed E-state index contributed by atoms with van der Waals surface area (Å²) in [6.07, 6.45) is 2.10. The van der Waals surface area contributed by atoms with E-state index in [2.05, 4.69) is 5.32 Å². The SMILES string of the molecule is O=C1CCNc2occc21. The standard InChI is InChI=1S/C7H7NO2/c9-6-1-3-8-7-5(6)2-4-10-7/h2,4,8H,1,3H2. The van der Waals surface area contributed by atoms with E-state index in [1.807, 2.05) is 0 Å². The molecule has 0 saturated carbocycles. The van der Waals surface area contributed by atoms with Crippen LogP contribution in [-0.4, -0.2) is 12.3 Å². The molecular weight excluding hydrogens is 130 g/mol. The third-order valence-corrected chi connectivity index (χ3v) is 1.60. The number of Topliss-reactive ketones (excluding diaryl/α,β-unsaturated/α-hetero) is 1. The minimum Gasteiger partial charge on any atom is -0.448 e. The lowest BCUT2D eigenvalue weighted by molar-refractivity contribution is 0.0983. The number of carbonyl (C=O) groups excluding carboxylic acids is 1. The van der Waals surface area contributed by atoms with Crippen LogP contribution in [0.4, 0.5) is 5.88 Å². The third kappa shape index (κ3) is 0.635. The molecule has 1 N–H and O–H groups in total. The van der Waals surface area contributed by atoms with Crippen molar-refractivity contribution in [3.63, 3.8) is 0 Å². The van der Waals surface area contributed by atoms with Gasteiger partial charge in [0.05, 0.1) is 11.8 Å². The summed E-state index contributed by atoms with van der Waals surface area (Å²) in [5.74, 6) is 0.791. The second-order valence-corrected chi connectivity index (χ2v) is 2.26. The smallest absolute Gasteiger partial charge is 0.203 e. The molecule has 3 heteroatoms. The molecule has 0 radical (unpaired) electrons. The zero-order valence-corrected chi connectivity index (χ0v) is 5.39. The summed E-state index contributed by atoms with van der Waals surface area (Å²) in [6.45, 7) is 0.694. The van der Waals surface area contributed by atoms with Gasteiger partial charge in [-0.3, -0.25) is 4.79 Å². The van der Waals surface area contributed by atoms with E-state index in [1.165, 1.54) is 6.26 Å². The van der Waals surface area contributed by atoms with Gasteiger partial charge >= 0.3 is 0 Å². The van der Waals surface area contributed by atoms with E-state index < -0.39 is 0 Å². The van der Waals surface area contributed by atoms with Gasteiger partial charge in [-0.05, 0) is 6.07 Å². The lowest BCUT2D eigenvalue weighted by atomic mass is 10.1. The first-order valence-electron chi connectivity index (χ1n) is 3.22. The molecule has 0 saturated heterocycles. The van der Waals surface area contributed by atoms with E-state index in [4.69, 9.17) is 4.42 Å². The van der Waals surface area contributed by atoms with Crippen molar-refractivity contribution in [2.24, 2.45) is 0 Å². The van der Waals surface area contributed by atoms with Gasteiger partial charge in [-0.2, -0.15) is 0 Å². The fraction of sp³-hybridized carbons (Fsp3) is 0.286. The first-order valence-corrected chi connectivity index (χ1v) is 3.22. The van der Waals surface area contributed by atoms with Crippen LogP contribution in [0.2, 0.25) is 0 Å². The molecule has 0 unspecified atom stereocenters. The fourth-order valence-electron chi connectivity index (χ4n) is 1.09. The minimum absolute atomic E-state index is 0.169. The van der Waals surface area contributed by atoms with Gasteiger partial charge in [-0.15, -0.1) is 0 Å². The predicted molar refractivity (Wildman–Crippen MR) is 36.1 cm³/mol. The summed E-state index contributed by atoms with van der Waals surface area (Å²) in [4.78, 5) is 11.0. The topological polar surface area (TPSA) is 42.2 Å². The van der Waals surface area contributed by atoms with Crippen molar-refractivity contribution >= 4 is 11.7 Å². The largest absolute Gasteiger partial charge is 0.448 e. The second-order valence-electron chi connectivity index (χ2n) is 2.26. The summed E-state index contributed by atoms with van der Waals surface area (Å²) < 4.78 is 4.99. The number of furan rings is 1. The molecule has 0 amide bonds. The Morgan fingerprint density at radius 2 is 2.50 bits per heavy atom. The number of anilines is 1. The molecule has 0 spiro atoms. The fourth-order valence-corrected chi connectivity index (χ4v) is 1.09. The molecule has 1 aromatic rings. The Kier molecular flexibility index (Phi) is 1.03.